The number of rotatable bonds is 1. The fraction of sp³-hybridized carbons (Fsp3) is 0. The Bertz CT molecular complexity index is 425. The van der Waals surface area contributed by atoms with E-state index in [1.807, 2.05) is 0 Å². The van der Waals surface area contributed by atoms with Gasteiger partial charge in [-0.15, -0.1) is 0 Å². The number of benzene rings is 1. The van der Waals surface area contributed by atoms with E-state index >= 15 is 0 Å². The van der Waals surface area contributed by atoms with Gasteiger partial charge in [-0.1, -0.05) is 0 Å². The Hall–Kier alpha value is -0.890. The maximum Gasteiger partial charge on any atom is 0.437 e. The van der Waals surface area contributed by atoms with E-state index in [4.69, 9.17) is 19.3 Å². The summed E-state index contributed by atoms with van der Waals surface area (Å²) in [5, 5.41) is 18.1. The summed E-state index contributed by atoms with van der Waals surface area (Å²) < 4.78 is 27.6. The molecule has 0 aliphatic heterocycles. The minimum Gasteiger partial charge on any atom is -0.508 e. The summed E-state index contributed by atoms with van der Waals surface area (Å²) in [5.74, 6) is -0.442. The highest BCUT2D eigenvalue weighted by molar-refractivity contribution is 8.34. The highest BCUT2D eigenvalue weighted by atomic mass is 32.9. The van der Waals surface area contributed by atoms with Crippen LogP contribution in [0.3, 0.4) is 0 Å². The molecule has 1 aromatic carbocycles. The van der Waals surface area contributed by atoms with Gasteiger partial charge in [0.1, 0.15) is 5.75 Å². The molecule has 1 aromatic rings. The first-order valence-electron chi connectivity index (χ1n) is 3.09. The standard InChI is InChI=1S/C6H6O5S2/c7-4-1-2-5(8)6(3-4)12-13(9,10)11/h1-3H,(H3-,7,8,9,10,11)/p+1. The highest BCUT2D eigenvalue weighted by Gasteiger charge is 2.18. The zero-order valence-corrected chi connectivity index (χ0v) is 7.88. The van der Waals surface area contributed by atoms with Crippen molar-refractivity contribution >= 4 is 19.4 Å². The molecule has 0 aliphatic rings. The molecule has 0 saturated carbocycles. The van der Waals surface area contributed by atoms with Crippen molar-refractivity contribution < 1.29 is 23.5 Å². The monoisotopic (exact) mass is 223 g/mol. The van der Waals surface area contributed by atoms with Gasteiger partial charge in [-0.05, 0) is 12.1 Å². The normalized spacial score (nSPS) is 11.2. The van der Waals surface area contributed by atoms with Gasteiger partial charge >= 0.3 is 19.4 Å². The third-order valence-electron chi connectivity index (χ3n) is 1.14. The van der Waals surface area contributed by atoms with Gasteiger partial charge in [0.25, 0.3) is 4.90 Å². The predicted molar refractivity (Wildman–Crippen MR) is 48.8 cm³/mol. The average Bonchev–Trinajstić information content (AvgIpc) is 1.94. The van der Waals surface area contributed by atoms with Gasteiger partial charge in [0.2, 0.25) is 0 Å². The van der Waals surface area contributed by atoms with Gasteiger partial charge in [0.05, 0.1) is 6.07 Å². The molecule has 0 spiro atoms. The lowest BCUT2D eigenvalue weighted by Crippen LogP contribution is -1.95. The van der Waals surface area contributed by atoms with Gasteiger partial charge in [-0.3, -0.25) is 9.11 Å². The second kappa shape index (κ2) is 3.46. The first-order valence-corrected chi connectivity index (χ1v) is 5.89. The second-order valence-corrected chi connectivity index (χ2v) is 5.49. The molecule has 0 radical (unpaired) electrons. The molecule has 0 bridgehead atoms. The lowest BCUT2D eigenvalue weighted by atomic mass is 10.3. The topological polar surface area (TPSA) is 98.0 Å². The zero-order chi connectivity index (χ0) is 10.1. The van der Waals surface area contributed by atoms with Crippen LogP contribution < -0.4 is 0 Å². The Kier molecular flexibility index (Phi) is 2.71. The number of hydrogen-bond donors (Lipinski definition) is 4. The Morgan fingerprint density at radius 3 is 2.38 bits per heavy atom. The second-order valence-electron chi connectivity index (χ2n) is 2.18. The van der Waals surface area contributed by atoms with Gasteiger partial charge in [0, 0.05) is 0 Å². The van der Waals surface area contributed by atoms with Crippen molar-refractivity contribution in [2.75, 3.05) is 0 Å². The van der Waals surface area contributed by atoms with E-state index in [-0.39, 0.29) is 26.7 Å². The molecule has 1 rings (SSSR count). The van der Waals surface area contributed by atoms with Crippen LogP contribution in [-0.4, -0.2) is 23.5 Å². The third-order valence-corrected chi connectivity index (χ3v) is 3.06. The van der Waals surface area contributed by atoms with Gasteiger partial charge < -0.3 is 10.2 Å². The fourth-order valence-corrected chi connectivity index (χ4v) is 2.34. The first-order chi connectivity index (χ1) is 5.88. The van der Waals surface area contributed by atoms with E-state index < -0.39 is 9.05 Å². The van der Waals surface area contributed by atoms with Crippen molar-refractivity contribution in [3.63, 3.8) is 0 Å². The van der Waals surface area contributed by atoms with Gasteiger partial charge in [-0.2, -0.15) is 4.21 Å². The van der Waals surface area contributed by atoms with Crippen LogP contribution in [0.1, 0.15) is 0 Å². The van der Waals surface area contributed by atoms with Gasteiger partial charge in [0.15, 0.2) is 5.75 Å². The Balaban J connectivity index is 3.31. The van der Waals surface area contributed by atoms with Crippen LogP contribution in [0, 0.1) is 0 Å². The van der Waals surface area contributed by atoms with Crippen molar-refractivity contribution in [2.45, 2.75) is 4.90 Å². The quantitative estimate of drug-likeness (QED) is 0.414. The molecular weight excluding hydrogens is 216 g/mol. The number of aromatic hydroxyl groups is 2. The van der Waals surface area contributed by atoms with Crippen molar-refractivity contribution in [3.8, 4) is 11.5 Å². The Morgan fingerprint density at radius 2 is 1.85 bits per heavy atom. The van der Waals surface area contributed by atoms with Crippen LogP contribution in [-0.2, 0) is 19.4 Å². The van der Waals surface area contributed by atoms with E-state index in [0.717, 1.165) is 12.1 Å². The maximum atomic E-state index is 10.5. The van der Waals surface area contributed by atoms with Crippen LogP contribution in [0.25, 0.3) is 0 Å². The number of hydrogen-bond acceptors (Lipinski definition) is 3. The summed E-state index contributed by atoms with van der Waals surface area (Å²) in [7, 11) is -3.85. The van der Waals surface area contributed by atoms with Crippen molar-refractivity contribution in [1.29, 1.82) is 0 Å². The van der Waals surface area contributed by atoms with E-state index in [0.29, 0.717) is 0 Å². The Labute approximate surface area is 77.9 Å². The minimum atomic E-state index is -4.02. The summed E-state index contributed by atoms with van der Waals surface area (Å²) in [6.07, 6.45) is 0. The summed E-state index contributed by atoms with van der Waals surface area (Å²) >= 11 is 0. The molecule has 13 heavy (non-hydrogen) atoms. The number of phenols is 2. The third kappa shape index (κ3) is 3.15. The molecule has 0 aromatic heterocycles. The van der Waals surface area contributed by atoms with E-state index in [1.165, 1.54) is 6.07 Å². The van der Waals surface area contributed by atoms with Crippen LogP contribution in [0.2, 0.25) is 0 Å². The van der Waals surface area contributed by atoms with Crippen molar-refractivity contribution in [3.05, 3.63) is 18.2 Å². The van der Waals surface area contributed by atoms with Crippen LogP contribution in [0.5, 0.6) is 11.5 Å². The van der Waals surface area contributed by atoms with Crippen LogP contribution in [0.15, 0.2) is 23.1 Å². The molecule has 0 aliphatic carbocycles. The summed E-state index contributed by atoms with van der Waals surface area (Å²) in [4.78, 5) is -0.0602. The molecular formula is C6H7O5S2+. The lowest BCUT2D eigenvalue weighted by molar-refractivity contribution is 0.446. The van der Waals surface area contributed by atoms with Gasteiger partial charge in [-0.25, -0.2) is 0 Å². The van der Waals surface area contributed by atoms with Crippen molar-refractivity contribution in [2.24, 2.45) is 0 Å². The predicted octanol–water partition coefficient (Wildman–Crippen LogP) is 0.685. The first kappa shape index (κ1) is 10.2. The largest absolute Gasteiger partial charge is 0.508 e. The number of phenolic OH excluding ortho intramolecular Hbond substituents is 2. The molecule has 5 nitrogen and oxygen atoms in total. The molecule has 0 saturated heterocycles. The molecule has 0 atom stereocenters. The highest BCUT2D eigenvalue weighted by Crippen LogP contribution is 2.22. The van der Waals surface area contributed by atoms with E-state index in [9.17, 15) is 4.21 Å². The smallest absolute Gasteiger partial charge is 0.437 e. The average molecular weight is 223 g/mol. The molecule has 72 valence electrons. The van der Waals surface area contributed by atoms with Crippen LogP contribution in [0.4, 0.5) is 0 Å². The van der Waals surface area contributed by atoms with Crippen molar-refractivity contribution in [1.82, 2.24) is 0 Å². The molecule has 0 amide bonds. The SMILES string of the molecule is O=S(O)(O)=[S+]c1cc(O)ccc1O. The minimum absolute atomic E-state index is 0.0602. The van der Waals surface area contributed by atoms with Crippen LogP contribution >= 0.6 is 0 Å². The molecule has 0 unspecified atom stereocenters. The lowest BCUT2D eigenvalue weighted by Gasteiger charge is -1.90. The summed E-state index contributed by atoms with van der Waals surface area (Å²) in [6.45, 7) is 0. The maximum absolute atomic E-state index is 10.5. The molecule has 0 heterocycles. The Morgan fingerprint density at radius 1 is 1.23 bits per heavy atom. The zero-order valence-electron chi connectivity index (χ0n) is 6.25. The molecule has 7 heteroatoms. The molecule has 4 N–H and O–H groups in total. The van der Waals surface area contributed by atoms with E-state index in [2.05, 4.69) is 0 Å². The summed E-state index contributed by atoms with van der Waals surface area (Å²) in [6, 6.07) is 3.45. The van der Waals surface area contributed by atoms with E-state index in [1.54, 1.807) is 0 Å². The molecule has 0 fully saturated rings. The summed E-state index contributed by atoms with van der Waals surface area (Å²) in [5.41, 5.74) is 0. The fourth-order valence-electron chi connectivity index (χ4n) is 0.687.